The second kappa shape index (κ2) is 7.06. The third-order valence-corrected chi connectivity index (χ3v) is 4.40. The number of aryl methyl sites for hydroxylation is 1. The molecule has 0 spiro atoms. The van der Waals surface area contributed by atoms with E-state index >= 15 is 0 Å². The van der Waals surface area contributed by atoms with E-state index in [1.807, 2.05) is 31.2 Å². The Hall–Kier alpha value is -3.42. The molecule has 0 bridgehead atoms. The van der Waals surface area contributed by atoms with Crippen molar-refractivity contribution >= 4 is 22.6 Å². The lowest BCUT2D eigenvalue weighted by atomic mass is 10.2. The van der Waals surface area contributed by atoms with E-state index in [1.54, 1.807) is 22.8 Å². The van der Waals surface area contributed by atoms with Crippen LogP contribution in [0.4, 0.5) is 0 Å². The van der Waals surface area contributed by atoms with Crippen LogP contribution < -0.4 is 10.9 Å². The maximum absolute atomic E-state index is 13.0. The van der Waals surface area contributed by atoms with Gasteiger partial charge in [0.15, 0.2) is 0 Å². The molecule has 0 radical (unpaired) electrons. The second-order valence-corrected chi connectivity index (χ2v) is 6.26. The fourth-order valence-corrected chi connectivity index (χ4v) is 3.16. The maximum atomic E-state index is 13.0. The monoisotopic (exact) mass is 365 g/mol. The third kappa shape index (κ3) is 3.10. The summed E-state index contributed by atoms with van der Waals surface area (Å²) in [5, 5.41) is 11.0. The molecule has 3 heterocycles. The van der Waals surface area contributed by atoms with Gasteiger partial charge in [-0.05, 0) is 30.7 Å². The Kier molecular flexibility index (Phi) is 4.45. The molecule has 0 unspecified atom stereocenters. The standard InChI is InChI=1S/C19H19N5O3/c1-2-6-16-21-22-18-19(26)23(14-8-3-4-9-15(14)24(16)18)12-17(25)20-11-13-7-5-10-27-13/h3-5,7-10H,2,6,11-12H2,1H3,(H,20,25). The van der Waals surface area contributed by atoms with Gasteiger partial charge in [-0.25, -0.2) is 0 Å². The van der Waals surface area contributed by atoms with Gasteiger partial charge in [0.2, 0.25) is 11.6 Å². The highest BCUT2D eigenvalue weighted by Crippen LogP contribution is 2.16. The van der Waals surface area contributed by atoms with Crippen LogP contribution in [0.25, 0.3) is 16.7 Å². The van der Waals surface area contributed by atoms with E-state index in [9.17, 15) is 9.59 Å². The first-order chi connectivity index (χ1) is 13.2. The van der Waals surface area contributed by atoms with Crippen molar-refractivity contribution in [2.75, 3.05) is 0 Å². The summed E-state index contributed by atoms with van der Waals surface area (Å²) >= 11 is 0. The Bertz CT molecular complexity index is 1160. The average Bonchev–Trinajstić information content (AvgIpc) is 3.34. The number of carbonyl (C=O) groups is 1. The molecule has 0 aliphatic carbocycles. The van der Waals surface area contributed by atoms with Crippen LogP contribution in [-0.4, -0.2) is 25.1 Å². The number of hydrogen-bond donors (Lipinski definition) is 1. The molecule has 3 aromatic heterocycles. The third-order valence-electron chi connectivity index (χ3n) is 4.40. The molecular weight excluding hydrogens is 346 g/mol. The number of rotatable bonds is 6. The van der Waals surface area contributed by atoms with Gasteiger partial charge in [0.1, 0.15) is 18.1 Å². The smallest absolute Gasteiger partial charge is 0.297 e. The Morgan fingerprint density at radius 3 is 2.70 bits per heavy atom. The number of hydrogen-bond acceptors (Lipinski definition) is 5. The van der Waals surface area contributed by atoms with Crippen molar-refractivity contribution < 1.29 is 9.21 Å². The molecular formula is C19H19N5O3. The molecule has 27 heavy (non-hydrogen) atoms. The van der Waals surface area contributed by atoms with E-state index in [0.717, 1.165) is 24.2 Å². The second-order valence-electron chi connectivity index (χ2n) is 6.26. The lowest BCUT2D eigenvalue weighted by Gasteiger charge is -2.12. The van der Waals surface area contributed by atoms with Gasteiger partial charge < -0.3 is 9.73 Å². The summed E-state index contributed by atoms with van der Waals surface area (Å²) in [4.78, 5) is 25.4. The summed E-state index contributed by atoms with van der Waals surface area (Å²) in [6.45, 7) is 2.21. The number of amides is 1. The fourth-order valence-electron chi connectivity index (χ4n) is 3.16. The van der Waals surface area contributed by atoms with Crippen LogP contribution in [0.2, 0.25) is 0 Å². The predicted molar refractivity (Wildman–Crippen MR) is 99.3 cm³/mol. The SMILES string of the molecule is CCCc1nnc2c(=O)n(CC(=O)NCc3ccco3)c3ccccc3n12. The Labute approximate surface area is 154 Å². The van der Waals surface area contributed by atoms with E-state index < -0.39 is 0 Å². The van der Waals surface area contributed by atoms with E-state index in [4.69, 9.17) is 4.42 Å². The summed E-state index contributed by atoms with van der Waals surface area (Å²) in [5.41, 5.74) is 1.37. The maximum Gasteiger partial charge on any atom is 0.297 e. The van der Waals surface area contributed by atoms with Crippen LogP contribution in [0, 0.1) is 0 Å². The zero-order valence-electron chi connectivity index (χ0n) is 14.9. The minimum absolute atomic E-state index is 0.105. The topological polar surface area (TPSA) is 94.4 Å². The van der Waals surface area contributed by atoms with Gasteiger partial charge in [-0.2, -0.15) is 0 Å². The van der Waals surface area contributed by atoms with Crippen molar-refractivity contribution in [3.63, 3.8) is 0 Å². The average molecular weight is 365 g/mol. The number of benzene rings is 1. The van der Waals surface area contributed by atoms with Crippen LogP contribution in [-0.2, 0) is 24.3 Å². The molecule has 1 aromatic carbocycles. The Morgan fingerprint density at radius 1 is 1.15 bits per heavy atom. The molecule has 1 N–H and O–H groups in total. The molecule has 0 aliphatic rings. The van der Waals surface area contributed by atoms with Crippen LogP contribution in [0.15, 0.2) is 51.9 Å². The van der Waals surface area contributed by atoms with Gasteiger partial charge in [-0.3, -0.25) is 18.6 Å². The summed E-state index contributed by atoms with van der Waals surface area (Å²) in [7, 11) is 0. The van der Waals surface area contributed by atoms with Gasteiger partial charge in [-0.15, -0.1) is 10.2 Å². The van der Waals surface area contributed by atoms with Crippen LogP contribution >= 0.6 is 0 Å². The van der Waals surface area contributed by atoms with E-state index in [2.05, 4.69) is 15.5 Å². The first-order valence-electron chi connectivity index (χ1n) is 8.83. The van der Waals surface area contributed by atoms with Crippen LogP contribution in [0.5, 0.6) is 0 Å². The van der Waals surface area contributed by atoms with Crippen molar-refractivity contribution in [3.8, 4) is 0 Å². The van der Waals surface area contributed by atoms with Gasteiger partial charge in [0.25, 0.3) is 5.56 Å². The summed E-state index contributed by atoms with van der Waals surface area (Å²) in [6.07, 6.45) is 3.16. The molecule has 138 valence electrons. The summed E-state index contributed by atoms with van der Waals surface area (Å²) in [6, 6.07) is 11.0. The minimum atomic E-state index is -0.336. The van der Waals surface area contributed by atoms with E-state index in [0.29, 0.717) is 11.3 Å². The molecule has 8 nitrogen and oxygen atoms in total. The van der Waals surface area contributed by atoms with Crippen molar-refractivity contribution in [1.82, 2.24) is 24.5 Å². The number of furan rings is 1. The first-order valence-corrected chi connectivity index (χ1v) is 8.83. The van der Waals surface area contributed by atoms with E-state index in [-0.39, 0.29) is 30.2 Å². The van der Waals surface area contributed by atoms with Crippen molar-refractivity contribution in [2.45, 2.75) is 32.9 Å². The highest BCUT2D eigenvalue weighted by atomic mass is 16.3. The van der Waals surface area contributed by atoms with E-state index in [1.165, 1.54) is 4.57 Å². The molecule has 0 fully saturated rings. The molecule has 0 atom stereocenters. The number of carbonyl (C=O) groups excluding carboxylic acids is 1. The zero-order chi connectivity index (χ0) is 18.8. The van der Waals surface area contributed by atoms with Crippen LogP contribution in [0.1, 0.15) is 24.9 Å². The molecule has 0 saturated carbocycles. The molecule has 0 saturated heterocycles. The highest BCUT2D eigenvalue weighted by Gasteiger charge is 2.17. The van der Waals surface area contributed by atoms with Crippen molar-refractivity contribution in [3.05, 3.63) is 64.6 Å². The quantitative estimate of drug-likeness (QED) is 0.563. The molecule has 8 heteroatoms. The van der Waals surface area contributed by atoms with Crippen molar-refractivity contribution in [2.24, 2.45) is 0 Å². The number of nitrogens with one attached hydrogen (secondary N) is 1. The Balaban J connectivity index is 1.74. The number of para-hydroxylation sites is 2. The predicted octanol–water partition coefficient (Wildman–Crippen LogP) is 1.91. The lowest BCUT2D eigenvalue weighted by molar-refractivity contribution is -0.121. The molecule has 0 aliphatic heterocycles. The fraction of sp³-hybridized carbons (Fsp3) is 0.263. The van der Waals surface area contributed by atoms with Crippen molar-refractivity contribution in [1.29, 1.82) is 0 Å². The number of fused-ring (bicyclic) bond motifs is 3. The van der Waals surface area contributed by atoms with Gasteiger partial charge >= 0.3 is 0 Å². The number of aromatic nitrogens is 4. The minimum Gasteiger partial charge on any atom is -0.467 e. The largest absolute Gasteiger partial charge is 0.467 e. The van der Waals surface area contributed by atoms with Gasteiger partial charge in [0, 0.05) is 6.42 Å². The normalized spacial score (nSPS) is 11.3. The zero-order valence-corrected chi connectivity index (χ0v) is 14.9. The first kappa shape index (κ1) is 17.0. The Morgan fingerprint density at radius 2 is 1.96 bits per heavy atom. The van der Waals surface area contributed by atoms with Crippen LogP contribution in [0.3, 0.4) is 0 Å². The lowest BCUT2D eigenvalue weighted by Crippen LogP contribution is -2.33. The molecule has 1 amide bonds. The van der Waals surface area contributed by atoms with Gasteiger partial charge in [0.05, 0.1) is 23.8 Å². The van der Waals surface area contributed by atoms with Gasteiger partial charge in [-0.1, -0.05) is 19.1 Å². The molecule has 4 rings (SSSR count). The highest BCUT2D eigenvalue weighted by molar-refractivity contribution is 5.82. The summed E-state index contributed by atoms with van der Waals surface area (Å²) in [5.74, 6) is 1.11. The summed E-state index contributed by atoms with van der Waals surface area (Å²) < 4.78 is 8.43. The number of nitrogens with zero attached hydrogens (tertiary/aromatic N) is 4. The molecule has 4 aromatic rings.